The van der Waals surface area contributed by atoms with Crippen molar-refractivity contribution in [2.24, 2.45) is 0 Å². The minimum Gasteiger partial charge on any atom is -0.383 e. The molecule has 0 aliphatic carbocycles. The maximum atomic E-state index is 5.02. The molecule has 1 N–H and O–H groups in total. The normalized spacial score (nSPS) is 23.2. The summed E-state index contributed by atoms with van der Waals surface area (Å²) in [5.74, 6) is 0. The Kier molecular flexibility index (Phi) is 8.59. The van der Waals surface area contributed by atoms with Gasteiger partial charge in [-0.1, -0.05) is 6.92 Å². The quantitative estimate of drug-likeness (QED) is 0.657. The highest BCUT2D eigenvalue weighted by Gasteiger charge is 2.20. The Bertz CT molecular complexity index is 201. The first kappa shape index (κ1) is 15.9. The van der Waals surface area contributed by atoms with E-state index < -0.39 is 0 Å². The number of hydrogen-bond acceptors (Lipinski definition) is 4. The van der Waals surface area contributed by atoms with E-state index in [1.165, 1.54) is 45.4 Å². The van der Waals surface area contributed by atoms with Crippen molar-refractivity contribution in [1.82, 2.24) is 15.1 Å². The molecule has 1 fully saturated rings. The molecule has 1 rings (SSSR count). The van der Waals surface area contributed by atoms with Crippen LogP contribution in [0.2, 0.25) is 0 Å². The molecule has 0 aromatic heterocycles. The molecule has 0 amide bonds. The second-order valence-electron chi connectivity index (χ2n) is 5.31. The molecule has 0 bridgehead atoms. The Morgan fingerprint density at radius 2 is 2.11 bits per heavy atom. The maximum Gasteiger partial charge on any atom is 0.0587 e. The van der Waals surface area contributed by atoms with Gasteiger partial charge in [0.05, 0.1) is 6.61 Å². The molecule has 1 heterocycles. The summed E-state index contributed by atoms with van der Waals surface area (Å²) in [5, 5.41) is 3.42. The maximum absolute atomic E-state index is 5.02. The van der Waals surface area contributed by atoms with E-state index in [0.717, 1.165) is 25.7 Å². The van der Waals surface area contributed by atoms with Gasteiger partial charge in [-0.2, -0.15) is 0 Å². The number of nitrogens with zero attached hydrogens (tertiary/aromatic N) is 2. The number of likely N-dealkylation sites (N-methyl/N-ethyl adjacent to an activating group) is 1. The van der Waals surface area contributed by atoms with Gasteiger partial charge in [-0.05, 0) is 52.5 Å². The van der Waals surface area contributed by atoms with Crippen molar-refractivity contribution in [2.45, 2.75) is 32.2 Å². The standard InChI is InChI=1S/C14H31N3O/c1-4-14-13-16(2)9-6-11-17(14)10-5-7-15-8-12-18-3/h14-15H,4-13H2,1-3H3. The summed E-state index contributed by atoms with van der Waals surface area (Å²) < 4.78 is 5.02. The third-order valence-corrected chi connectivity index (χ3v) is 3.78. The Balaban J connectivity index is 2.17. The first-order valence-electron chi connectivity index (χ1n) is 7.40. The van der Waals surface area contributed by atoms with Crippen molar-refractivity contribution in [3.05, 3.63) is 0 Å². The van der Waals surface area contributed by atoms with Crippen molar-refractivity contribution in [3.63, 3.8) is 0 Å². The summed E-state index contributed by atoms with van der Waals surface area (Å²) >= 11 is 0. The lowest BCUT2D eigenvalue weighted by atomic mass is 10.1. The lowest BCUT2D eigenvalue weighted by molar-refractivity contribution is 0.178. The molecule has 4 heteroatoms. The van der Waals surface area contributed by atoms with E-state index in [1.54, 1.807) is 7.11 Å². The number of hydrogen-bond donors (Lipinski definition) is 1. The largest absolute Gasteiger partial charge is 0.383 e. The second-order valence-corrected chi connectivity index (χ2v) is 5.31. The van der Waals surface area contributed by atoms with Gasteiger partial charge in [0.1, 0.15) is 0 Å². The second kappa shape index (κ2) is 9.73. The van der Waals surface area contributed by atoms with Gasteiger partial charge >= 0.3 is 0 Å². The van der Waals surface area contributed by atoms with Crippen LogP contribution in [0.25, 0.3) is 0 Å². The van der Waals surface area contributed by atoms with E-state index in [2.05, 4.69) is 29.1 Å². The third kappa shape index (κ3) is 6.14. The summed E-state index contributed by atoms with van der Waals surface area (Å²) in [6.45, 7) is 10.2. The number of rotatable bonds is 8. The van der Waals surface area contributed by atoms with Gasteiger partial charge < -0.3 is 15.0 Å². The smallest absolute Gasteiger partial charge is 0.0587 e. The van der Waals surface area contributed by atoms with Crippen LogP contribution >= 0.6 is 0 Å². The van der Waals surface area contributed by atoms with E-state index in [0.29, 0.717) is 0 Å². The SMILES string of the molecule is CCC1CN(C)CCCN1CCCNCCOC. The Labute approximate surface area is 113 Å². The molecule has 1 unspecified atom stereocenters. The highest BCUT2D eigenvalue weighted by Crippen LogP contribution is 2.12. The van der Waals surface area contributed by atoms with Crippen LogP contribution in [0.4, 0.5) is 0 Å². The fraction of sp³-hybridized carbons (Fsp3) is 1.00. The van der Waals surface area contributed by atoms with Crippen molar-refractivity contribution in [1.29, 1.82) is 0 Å². The molecule has 1 aliphatic rings. The monoisotopic (exact) mass is 257 g/mol. The highest BCUT2D eigenvalue weighted by atomic mass is 16.5. The summed E-state index contributed by atoms with van der Waals surface area (Å²) in [4.78, 5) is 5.16. The predicted octanol–water partition coefficient (Wildman–Crippen LogP) is 1.03. The van der Waals surface area contributed by atoms with Crippen molar-refractivity contribution >= 4 is 0 Å². The number of nitrogens with one attached hydrogen (secondary N) is 1. The summed E-state index contributed by atoms with van der Waals surface area (Å²) in [6, 6.07) is 0.747. The molecule has 0 spiro atoms. The van der Waals surface area contributed by atoms with Crippen LogP contribution in [0, 0.1) is 0 Å². The molecule has 4 nitrogen and oxygen atoms in total. The average molecular weight is 257 g/mol. The zero-order chi connectivity index (χ0) is 13.2. The van der Waals surface area contributed by atoms with Crippen LogP contribution in [0.3, 0.4) is 0 Å². The highest BCUT2D eigenvalue weighted by molar-refractivity contribution is 4.77. The van der Waals surface area contributed by atoms with Crippen LogP contribution in [0.15, 0.2) is 0 Å². The number of ether oxygens (including phenoxy) is 1. The van der Waals surface area contributed by atoms with Crippen LogP contribution in [-0.4, -0.2) is 75.9 Å². The van der Waals surface area contributed by atoms with Crippen molar-refractivity contribution in [2.75, 3.05) is 60.0 Å². The van der Waals surface area contributed by atoms with Crippen molar-refractivity contribution < 1.29 is 4.74 Å². The molecule has 0 saturated carbocycles. The van der Waals surface area contributed by atoms with Crippen LogP contribution in [0.5, 0.6) is 0 Å². The predicted molar refractivity (Wildman–Crippen MR) is 77.1 cm³/mol. The first-order valence-corrected chi connectivity index (χ1v) is 7.40. The fourth-order valence-electron chi connectivity index (χ4n) is 2.68. The van der Waals surface area contributed by atoms with Gasteiger partial charge in [0, 0.05) is 26.2 Å². The van der Waals surface area contributed by atoms with Gasteiger partial charge in [0.25, 0.3) is 0 Å². The van der Waals surface area contributed by atoms with Crippen molar-refractivity contribution in [3.8, 4) is 0 Å². The molecular weight excluding hydrogens is 226 g/mol. The van der Waals surface area contributed by atoms with Gasteiger partial charge in [-0.25, -0.2) is 0 Å². The average Bonchev–Trinajstić information content (AvgIpc) is 2.55. The zero-order valence-electron chi connectivity index (χ0n) is 12.5. The van der Waals surface area contributed by atoms with Gasteiger partial charge in [-0.15, -0.1) is 0 Å². The molecule has 0 radical (unpaired) electrons. The van der Waals surface area contributed by atoms with E-state index in [9.17, 15) is 0 Å². The Hall–Kier alpha value is -0.160. The first-order chi connectivity index (χ1) is 8.77. The summed E-state index contributed by atoms with van der Waals surface area (Å²) in [5.41, 5.74) is 0. The van der Waals surface area contributed by atoms with Gasteiger partial charge in [-0.3, -0.25) is 4.90 Å². The Morgan fingerprint density at radius 3 is 2.83 bits per heavy atom. The van der Waals surface area contributed by atoms with Crippen LogP contribution in [-0.2, 0) is 4.74 Å². The fourth-order valence-corrected chi connectivity index (χ4v) is 2.68. The molecular formula is C14H31N3O. The lowest BCUT2D eigenvalue weighted by Gasteiger charge is -2.30. The van der Waals surface area contributed by atoms with E-state index >= 15 is 0 Å². The Morgan fingerprint density at radius 1 is 1.28 bits per heavy atom. The lowest BCUT2D eigenvalue weighted by Crippen LogP contribution is -2.41. The van der Waals surface area contributed by atoms with Gasteiger partial charge in [0.2, 0.25) is 0 Å². The molecule has 1 aliphatic heterocycles. The van der Waals surface area contributed by atoms with E-state index in [4.69, 9.17) is 4.74 Å². The minimum atomic E-state index is 0.747. The number of methoxy groups -OCH3 is 1. The topological polar surface area (TPSA) is 27.7 Å². The molecule has 18 heavy (non-hydrogen) atoms. The third-order valence-electron chi connectivity index (χ3n) is 3.78. The summed E-state index contributed by atoms with van der Waals surface area (Å²) in [6.07, 6.45) is 3.81. The molecule has 1 atom stereocenters. The minimum absolute atomic E-state index is 0.747. The van der Waals surface area contributed by atoms with Crippen LogP contribution in [0.1, 0.15) is 26.2 Å². The molecule has 0 aromatic rings. The molecule has 108 valence electrons. The van der Waals surface area contributed by atoms with E-state index in [1.807, 2.05) is 0 Å². The summed E-state index contributed by atoms with van der Waals surface area (Å²) in [7, 11) is 4.00. The molecule has 0 aromatic carbocycles. The zero-order valence-corrected chi connectivity index (χ0v) is 12.5. The van der Waals surface area contributed by atoms with Crippen LogP contribution < -0.4 is 5.32 Å². The van der Waals surface area contributed by atoms with E-state index in [-0.39, 0.29) is 0 Å². The van der Waals surface area contributed by atoms with Gasteiger partial charge in [0.15, 0.2) is 0 Å². The molecule has 1 saturated heterocycles.